The van der Waals surface area contributed by atoms with Crippen LogP contribution in [0.5, 0.6) is 0 Å². The zero-order chi connectivity index (χ0) is 38.4. The Labute approximate surface area is 322 Å². The lowest BCUT2D eigenvalue weighted by molar-refractivity contribution is -0.121. The zero-order valence-electron chi connectivity index (χ0n) is 29.5. The van der Waals surface area contributed by atoms with E-state index in [9.17, 15) is 30.2 Å². The Bertz CT molecular complexity index is 1750. The molecule has 54 heavy (non-hydrogen) atoms. The monoisotopic (exact) mass is 764 g/mol. The maximum Gasteiger partial charge on any atom is 0.410 e. The first-order valence-electron chi connectivity index (χ1n) is 17.0. The number of nitrogens with zero attached hydrogens (tertiary/aromatic N) is 6. The lowest BCUT2D eigenvalue weighted by atomic mass is 10.1. The van der Waals surface area contributed by atoms with E-state index in [-0.39, 0.29) is 37.8 Å². The molecular formula is C40H40N6O6S2. The second-order valence-electron chi connectivity index (χ2n) is 11.8. The van der Waals surface area contributed by atoms with Crippen LogP contribution in [0.25, 0.3) is 11.1 Å². The molecule has 4 rings (SSSR count). The van der Waals surface area contributed by atoms with E-state index in [1.54, 1.807) is 48.5 Å². The smallest absolute Gasteiger partial charge is 0.410 e. The highest BCUT2D eigenvalue weighted by Crippen LogP contribution is 2.20. The first-order chi connectivity index (χ1) is 26.4. The molecule has 0 heterocycles. The number of thioether (sulfide) groups is 2. The molecule has 0 saturated carbocycles. The highest BCUT2D eigenvalue weighted by molar-refractivity contribution is 7.98. The maximum absolute atomic E-state index is 13.9. The molecule has 0 aromatic heterocycles. The summed E-state index contributed by atoms with van der Waals surface area (Å²) >= 11 is 2.76. The van der Waals surface area contributed by atoms with Crippen LogP contribution in [-0.2, 0) is 43.8 Å². The van der Waals surface area contributed by atoms with E-state index in [0.29, 0.717) is 22.6 Å². The van der Waals surface area contributed by atoms with Crippen LogP contribution in [0.1, 0.15) is 22.3 Å². The molecule has 2 amide bonds. The predicted molar refractivity (Wildman–Crippen MR) is 209 cm³/mol. The van der Waals surface area contributed by atoms with E-state index in [2.05, 4.69) is 9.58 Å². The molecule has 0 aliphatic rings. The van der Waals surface area contributed by atoms with E-state index in [4.69, 9.17) is 9.47 Å². The summed E-state index contributed by atoms with van der Waals surface area (Å²) in [7, 11) is 0. The number of ether oxygens (including phenoxy) is 2. The van der Waals surface area contributed by atoms with Gasteiger partial charge in [0, 0.05) is 36.1 Å². The molecule has 0 fully saturated rings. The van der Waals surface area contributed by atoms with Crippen LogP contribution < -0.4 is 0 Å². The molecule has 4 aromatic rings. The van der Waals surface area contributed by atoms with Gasteiger partial charge in [-0.1, -0.05) is 121 Å². The van der Waals surface area contributed by atoms with Gasteiger partial charge >= 0.3 is 24.6 Å². The molecule has 278 valence electrons. The number of rotatable bonds is 21. The van der Waals surface area contributed by atoms with Gasteiger partial charge in [0.25, 0.3) is 11.6 Å². The van der Waals surface area contributed by atoms with Gasteiger partial charge < -0.3 is 20.5 Å². The summed E-state index contributed by atoms with van der Waals surface area (Å²) in [4.78, 5) is 62.9. The minimum Gasteiger partial charge on any atom is -0.445 e. The number of Topliss-reactive ketones (excluding diaryl/α,β-unsaturated/α-hetero) is 2. The molecule has 0 aliphatic carbocycles. The molecule has 0 radical (unpaired) electrons. The molecule has 0 bridgehead atoms. The SMILES string of the molecule is [N-]=[N+]=CC(=O)[C@H](CSCc1ccccc1)N(CCN(C(=O)OCc1ccccc1)[C@@H](CSCc1ccccc1)C(=O)C=[N+]=[N-])C(=O)OCc1ccccc1. The topological polar surface area (TPSA) is 166 Å². The minimum atomic E-state index is -1.18. The van der Waals surface area contributed by atoms with E-state index in [1.807, 2.05) is 72.8 Å². The summed E-state index contributed by atoms with van der Waals surface area (Å²) in [6, 6.07) is 34.7. The van der Waals surface area contributed by atoms with Crippen molar-refractivity contribution in [3.63, 3.8) is 0 Å². The van der Waals surface area contributed by atoms with E-state index in [0.717, 1.165) is 23.6 Å². The predicted octanol–water partition coefficient (Wildman–Crippen LogP) is 6.61. The third-order valence-electron chi connectivity index (χ3n) is 8.01. The maximum atomic E-state index is 13.9. The van der Waals surface area contributed by atoms with Crippen molar-refractivity contribution >= 4 is 59.7 Å². The van der Waals surface area contributed by atoms with Gasteiger partial charge in [-0.2, -0.15) is 33.1 Å². The van der Waals surface area contributed by atoms with Crippen LogP contribution in [0.3, 0.4) is 0 Å². The van der Waals surface area contributed by atoms with Crippen molar-refractivity contribution in [1.29, 1.82) is 0 Å². The normalized spacial score (nSPS) is 11.5. The Morgan fingerprint density at radius 1 is 0.537 bits per heavy atom. The van der Waals surface area contributed by atoms with Crippen LogP contribution in [0.4, 0.5) is 9.59 Å². The molecule has 2 atom stereocenters. The van der Waals surface area contributed by atoms with Gasteiger partial charge in [0.05, 0.1) is 0 Å². The molecular weight excluding hydrogens is 725 g/mol. The van der Waals surface area contributed by atoms with Gasteiger partial charge in [-0.05, 0) is 22.3 Å². The summed E-state index contributed by atoms with van der Waals surface area (Å²) in [5.41, 5.74) is 22.0. The van der Waals surface area contributed by atoms with Crippen molar-refractivity contribution in [2.75, 3.05) is 24.6 Å². The lowest BCUT2D eigenvalue weighted by Crippen LogP contribution is -2.54. The van der Waals surface area contributed by atoms with Crippen LogP contribution >= 0.6 is 23.5 Å². The molecule has 0 spiro atoms. The molecule has 0 aliphatic heterocycles. The number of hydrogen-bond acceptors (Lipinski definition) is 8. The second-order valence-corrected chi connectivity index (χ2v) is 13.9. The Kier molecular flexibility index (Phi) is 17.5. The number of amides is 2. The van der Waals surface area contributed by atoms with Crippen molar-refractivity contribution in [3.8, 4) is 0 Å². The quantitative estimate of drug-likeness (QED) is 0.0520. The van der Waals surface area contributed by atoms with Crippen molar-refractivity contribution in [2.45, 2.75) is 36.8 Å². The highest BCUT2D eigenvalue weighted by atomic mass is 32.2. The summed E-state index contributed by atoms with van der Waals surface area (Å²) in [5.74, 6) is -0.142. The standard InChI is InChI=1S/C40H40N6O6S2/c41-43-23-37(47)35(29-53-27-33-17-9-3-10-18-33)45(39(49)51-25-31-13-5-1-6-14-31)21-22-46(40(50)52-26-32-15-7-2-8-16-32)36(38(48)24-44-42)30-54-28-34-19-11-4-12-20-34/h1-20,23-24,35-36H,21-22,25-30H2/t35-,36-/m0/s1. The summed E-state index contributed by atoms with van der Waals surface area (Å²) in [5, 5.41) is 0. The van der Waals surface area contributed by atoms with Gasteiger partial charge in [-0.25, -0.2) is 9.59 Å². The van der Waals surface area contributed by atoms with Gasteiger partial charge in [0.15, 0.2) is 0 Å². The third-order valence-corrected chi connectivity index (χ3v) is 10.2. The molecule has 14 heteroatoms. The van der Waals surface area contributed by atoms with Crippen molar-refractivity contribution in [1.82, 2.24) is 9.80 Å². The fourth-order valence-corrected chi connectivity index (χ4v) is 7.46. The lowest BCUT2D eigenvalue weighted by Gasteiger charge is -2.33. The fraction of sp³-hybridized carbons (Fsp3) is 0.250. The second kappa shape index (κ2) is 23.0. The highest BCUT2D eigenvalue weighted by Gasteiger charge is 2.36. The van der Waals surface area contributed by atoms with E-state index >= 15 is 0 Å². The number of hydrogen-bond donors (Lipinski definition) is 0. The van der Waals surface area contributed by atoms with Crippen molar-refractivity contribution < 1.29 is 38.2 Å². The zero-order valence-corrected chi connectivity index (χ0v) is 31.1. The van der Waals surface area contributed by atoms with Crippen molar-refractivity contribution in [2.24, 2.45) is 0 Å². The van der Waals surface area contributed by atoms with Gasteiger partial charge in [-0.15, -0.1) is 0 Å². The molecule has 0 N–H and O–H groups in total. The molecule has 0 saturated heterocycles. The number of benzene rings is 4. The van der Waals surface area contributed by atoms with E-state index in [1.165, 1.54) is 33.3 Å². The van der Waals surface area contributed by atoms with Gasteiger partial charge in [0.2, 0.25) is 0 Å². The first-order valence-corrected chi connectivity index (χ1v) is 19.3. The molecule has 0 unspecified atom stereocenters. The van der Waals surface area contributed by atoms with Crippen LogP contribution in [0, 0.1) is 0 Å². The third kappa shape index (κ3) is 13.6. The summed E-state index contributed by atoms with van der Waals surface area (Å²) in [6.07, 6.45) is -0.276. The summed E-state index contributed by atoms with van der Waals surface area (Å²) in [6.45, 7) is -0.761. The van der Waals surface area contributed by atoms with Crippen LogP contribution in [0.15, 0.2) is 121 Å². The van der Waals surface area contributed by atoms with E-state index < -0.39 is 35.8 Å². The summed E-state index contributed by atoms with van der Waals surface area (Å²) < 4.78 is 11.4. The largest absolute Gasteiger partial charge is 0.445 e. The van der Waals surface area contributed by atoms with Crippen LogP contribution in [-0.4, -0.2) is 92.2 Å². The molecule has 4 aromatic carbocycles. The Morgan fingerprint density at radius 2 is 0.852 bits per heavy atom. The number of carbonyl (C=O) groups is 4. The van der Waals surface area contributed by atoms with Gasteiger partial charge in [-0.3, -0.25) is 19.4 Å². The first kappa shape index (κ1) is 41.0. The molecule has 12 nitrogen and oxygen atoms in total. The Balaban J connectivity index is 1.64. The van der Waals surface area contributed by atoms with Crippen molar-refractivity contribution in [3.05, 3.63) is 155 Å². The Hall–Kier alpha value is -5.78. The van der Waals surface area contributed by atoms with Crippen LogP contribution in [0.2, 0.25) is 0 Å². The average Bonchev–Trinajstić information content (AvgIpc) is 3.20. The van der Waals surface area contributed by atoms with Gasteiger partial charge in [0.1, 0.15) is 25.3 Å². The fourth-order valence-electron chi connectivity index (χ4n) is 5.23. The minimum absolute atomic E-state index is 0.0884. The number of ketones is 2. The number of carbonyl (C=O) groups excluding carboxylic acids is 4. The average molecular weight is 765 g/mol. The Morgan fingerprint density at radius 3 is 1.17 bits per heavy atom.